The van der Waals surface area contributed by atoms with Crippen molar-refractivity contribution in [2.45, 2.75) is 113 Å². The molecule has 3 saturated heterocycles. The number of amides is 2. The summed E-state index contributed by atoms with van der Waals surface area (Å²) >= 11 is 0. The van der Waals surface area contributed by atoms with Crippen LogP contribution in [0, 0.1) is 29.6 Å². The number of methoxy groups -OCH3 is 2. The van der Waals surface area contributed by atoms with Gasteiger partial charge in [0.1, 0.15) is 48.8 Å². The number of ether oxygens (including phenoxy) is 9. The zero-order valence-electron chi connectivity index (χ0n) is 35.6. The number of primary amides is 2. The van der Waals surface area contributed by atoms with Crippen LogP contribution in [-0.4, -0.2) is 195 Å². The molecule has 3 fully saturated rings. The summed E-state index contributed by atoms with van der Waals surface area (Å²) in [4.78, 5) is 60.0. The Bertz CT molecular complexity index is 1420. The van der Waals surface area contributed by atoms with Gasteiger partial charge >= 0.3 is 65.1 Å². The second-order valence-corrected chi connectivity index (χ2v) is 15.2. The minimum atomic E-state index is -1.83. The molecule has 0 aliphatic carbocycles. The predicted octanol–water partition coefficient (Wildman–Crippen LogP) is -12.7. The Labute approximate surface area is 396 Å². The van der Waals surface area contributed by atoms with Crippen molar-refractivity contribution in [3.05, 3.63) is 0 Å². The van der Waals surface area contributed by atoms with Crippen molar-refractivity contribution in [3.63, 3.8) is 0 Å². The Balaban J connectivity index is 0.00000930. The first kappa shape index (κ1) is 57.8. The average molecular weight is 901 g/mol. The SMILES string of the molecule is COCC1OC(C(=O)[O-])C(COCC2OC(C(=O)O)C(COCC3OC(C(=O)[O-])C(COC)C(OC(C)C(C)C(N)=O)C3O)C(O)C2O)C(O)C1OC(C)C(C)C(N)=O.[Na+].[Na+]. The maximum absolute atomic E-state index is 12.3. The van der Waals surface area contributed by atoms with Crippen molar-refractivity contribution < 1.29 is 161 Å². The number of aliphatic hydroxyl groups is 4. The first-order chi connectivity index (χ1) is 27.7. The molecule has 0 bridgehead atoms. The van der Waals surface area contributed by atoms with Crippen LogP contribution in [0.25, 0.3) is 0 Å². The Hall–Kier alpha value is -1.17. The molecular formula is C36H58N2Na2O21. The molecule has 340 valence electrons. The number of aliphatic hydroxyl groups excluding tert-OH is 4. The van der Waals surface area contributed by atoms with Gasteiger partial charge in [-0.05, 0) is 13.8 Å². The molecule has 25 heteroatoms. The van der Waals surface area contributed by atoms with Gasteiger partial charge < -0.3 is 99.4 Å². The molecule has 3 rings (SSSR count). The zero-order valence-corrected chi connectivity index (χ0v) is 39.6. The summed E-state index contributed by atoms with van der Waals surface area (Å²) < 4.78 is 50.1. The van der Waals surface area contributed by atoms with Gasteiger partial charge in [-0.15, -0.1) is 0 Å². The normalized spacial score (nSPS) is 35.9. The number of carbonyl (C=O) groups excluding carboxylic acids is 4. The van der Waals surface area contributed by atoms with Gasteiger partial charge in [-0.1, -0.05) is 13.8 Å². The molecule has 0 radical (unpaired) electrons. The van der Waals surface area contributed by atoms with Crippen molar-refractivity contribution in [2.24, 2.45) is 41.1 Å². The van der Waals surface area contributed by atoms with E-state index in [1.165, 1.54) is 41.9 Å². The first-order valence-electron chi connectivity index (χ1n) is 19.0. The van der Waals surface area contributed by atoms with Gasteiger partial charge in [0.15, 0.2) is 6.10 Å². The molecule has 19 unspecified atom stereocenters. The summed E-state index contributed by atoms with van der Waals surface area (Å²) in [6.45, 7) is 3.12. The van der Waals surface area contributed by atoms with E-state index < -0.39 is 171 Å². The van der Waals surface area contributed by atoms with Gasteiger partial charge in [0.25, 0.3) is 0 Å². The monoisotopic (exact) mass is 900 g/mol. The first-order valence-corrected chi connectivity index (χ1v) is 19.0. The van der Waals surface area contributed by atoms with Crippen LogP contribution in [0.15, 0.2) is 0 Å². The summed E-state index contributed by atoms with van der Waals surface area (Å²) in [7, 11) is 2.59. The largest absolute Gasteiger partial charge is 1.00 e. The maximum Gasteiger partial charge on any atom is 1.00 e. The standard InChI is InChI=1S/C36H60N2O21.2Na/c1-13(32(37)43)15(3)55-27-19(7-51-5)30(36(49)50)58-21(26(27)42)12-53-8-17-23(39)25(41)20(57-28(17)34(45)46)11-54-9-18-24(40)31(56-16(4)14(2)33(38)44)22(10-52-6)59-29(18)35(47)48;;/h13-31,39-42H,7-12H2,1-6H3,(H2,37,43)(H2,38,44)(H,45,46)(H,47,48)(H,49,50);;/q;2*+1/p-2. The second-order valence-electron chi connectivity index (χ2n) is 15.2. The molecule has 19 atom stereocenters. The van der Waals surface area contributed by atoms with Crippen molar-refractivity contribution >= 4 is 29.7 Å². The van der Waals surface area contributed by atoms with Crippen molar-refractivity contribution in [1.82, 2.24) is 0 Å². The van der Waals surface area contributed by atoms with E-state index in [0.717, 1.165) is 0 Å². The molecule has 9 N–H and O–H groups in total. The number of rotatable bonds is 23. The van der Waals surface area contributed by atoms with Crippen LogP contribution in [0.3, 0.4) is 0 Å². The average Bonchev–Trinajstić information content (AvgIpc) is 3.17. The number of aliphatic carboxylic acids is 3. The van der Waals surface area contributed by atoms with E-state index in [0.29, 0.717) is 0 Å². The third-order valence-electron chi connectivity index (χ3n) is 11.2. The molecule has 0 saturated carbocycles. The maximum atomic E-state index is 12.3. The summed E-state index contributed by atoms with van der Waals surface area (Å²) in [6, 6.07) is 0. The molecular weight excluding hydrogens is 842 g/mol. The minimum absolute atomic E-state index is 0. The fraction of sp³-hybridized carbons (Fsp3) is 0.861. The van der Waals surface area contributed by atoms with Gasteiger partial charge in [0.05, 0.1) is 93.9 Å². The Morgan fingerprint density at radius 2 is 0.967 bits per heavy atom. The van der Waals surface area contributed by atoms with Crippen LogP contribution in [0.4, 0.5) is 0 Å². The smallest absolute Gasteiger partial charge is 0.547 e. The molecule has 0 aromatic heterocycles. The van der Waals surface area contributed by atoms with Crippen molar-refractivity contribution in [1.29, 1.82) is 0 Å². The molecule has 0 aromatic rings. The molecule has 3 aliphatic heterocycles. The number of hydrogen-bond donors (Lipinski definition) is 7. The molecule has 2 amide bonds. The van der Waals surface area contributed by atoms with E-state index >= 15 is 0 Å². The summed E-state index contributed by atoms with van der Waals surface area (Å²) in [6.07, 6.45) is -20.4. The van der Waals surface area contributed by atoms with E-state index in [1.54, 1.807) is 0 Å². The topological polar surface area (TPSA) is 368 Å². The van der Waals surface area contributed by atoms with E-state index in [9.17, 15) is 59.7 Å². The summed E-state index contributed by atoms with van der Waals surface area (Å²) in [5, 5.41) is 78.8. The van der Waals surface area contributed by atoms with Crippen LogP contribution in [0.1, 0.15) is 27.7 Å². The van der Waals surface area contributed by atoms with E-state index in [-0.39, 0.29) is 72.3 Å². The van der Waals surface area contributed by atoms with Gasteiger partial charge in [0, 0.05) is 32.0 Å². The van der Waals surface area contributed by atoms with Crippen molar-refractivity contribution in [3.8, 4) is 0 Å². The molecule has 3 heterocycles. The Morgan fingerprint density at radius 1 is 0.557 bits per heavy atom. The second kappa shape index (κ2) is 26.7. The Morgan fingerprint density at radius 3 is 1.41 bits per heavy atom. The van der Waals surface area contributed by atoms with E-state index in [1.807, 2.05) is 0 Å². The molecule has 3 aliphatic rings. The van der Waals surface area contributed by atoms with Crippen LogP contribution in [-0.2, 0) is 66.6 Å². The number of carbonyl (C=O) groups is 5. The quantitative estimate of drug-likeness (QED) is 0.0468. The number of carboxylic acid groups (broad SMARTS) is 3. The molecule has 0 spiro atoms. The van der Waals surface area contributed by atoms with Crippen LogP contribution in [0.2, 0.25) is 0 Å². The van der Waals surface area contributed by atoms with Crippen LogP contribution >= 0.6 is 0 Å². The fourth-order valence-electron chi connectivity index (χ4n) is 7.25. The molecule has 61 heavy (non-hydrogen) atoms. The van der Waals surface area contributed by atoms with Gasteiger partial charge in [-0.3, -0.25) is 9.59 Å². The Kier molecular flexibility index (Phi) is 25.3. The van der Waals surface area contributed by atoms with Crippen LogP contribution in [0.5, 0.6) is 0 Å². The van der Waals surface area contributed by atoms with Crippen molar-refractivity contribution in [2.75, 3.05) is 53.9 Å². The molecule has 23 nitrogen and oxygen atoms in total. The summed E-state index contributed by atoms with van der Waals surface area (Å²) in [5.74, 6) is -11.9. The predicted molar refractivity (Wildman–Crippen MR) is 189 cm³/mol. The van der Waals surface area contributed by atoms with Gasteiger partial charge in [-0.25, -0.2) is 4.79 Å². The molecule has 0 aromatic carbocycles. The van der Waals surface area contributed by atoms with Crippen LogP contribution < -0.4 is 80.8 Å². The minimum Gasteiger partial charge on any atom is -0.547 e. The van der Waals surface area contributed by atoms with Gasteiger partial charge in [-0.2, -0.15) is 0 Å². The van der Waals surface area contributed by atoms with Gasteiger partial charge in [0.2, 0.25) is 11.8 Å². The fourth-order valence-corrected chi connectivity index (χ4v) is 7.25. The number of carboxylic acids is 3. The third-order valence-corrected chi connectivity index (χ3v) is 11.2. The number of hydrogen-bond acceptors (Lipinski definition) is 20. The van der Waals surface area contributed by atoms with E-state index in [2.05, 4.69) is 0 Å². The third kappa shape index (κ3) is 14.9. The van der Waals surface area contributed by atoms with E-state index in [4.69, 9.17) is 54.1 Å². The summed E-state index contributed by atoms with van der Waals surface area (Å²) in [5.41, 5.74) is 10.8. The number of nitrogens with two attached hydrogens (primary N) is 2. The zero-order chi connectivity index (χ0) is 44.5.